The van der Waals surface area contributed by atoms with Gasteiger partial charge in [0.2, 0.25) is 10.0 Å². The van der Waals surface area contributed by atoms with Gasteiger partial charge in [-0.3, -0.25) is 0 Å². The van der Waals surface area contributed by atoms with Crippen LogP contribution in [0.1, 0.15) is 51.3 Å². The molecule has 3 rings (SSSR count). The zero-order valence-electron chi connectivity index (χ0n) is 12.8. The average molecular weight is 311 g/mol. The topological polar surface area (TPSA) is 77.1 Å². The lowest BCUT2D eigenvalue weighted by Gasteiger charge is -2.19. The van der Waals surface area contributed by atoms with Gasteiger partial charge >= 0.3 is 0 Å². The summed E-state index contributed by atoms with van der Waals surface area (Å²) in [7, 11) is -3.43. The Kier molecular flexibility index (Phi) is 3.66. The van der Waals surface area contributed by atoms with Crippen LogP contribution in [0.15, 0.2) is 17.2 Å². The molecule has 0 unspecified atom stereocenters. The van der Waals surface area contributed by atoms with Gasteiger partial charge in [0, 0.05) is 31.0 Å². The van der Waals surface area contributed by atoms with Crippen molar-refractivity contribution in [3.63, 3.8) is 0 Å². The normalized spacial score (nSPS) is 21.0. The number of nitrogens with zero attached hydrogens (tertiary/aromatic N) is 1. The quantitative estimate of drug-likeness (QED) is 0.808. The number of hydrogen-bond donors (Lipinski definition) is 2. The molecule has 2 saturated carbocycles. The van der Waals surface area contributed by atoms with Gasteiger partial charge in [-0.1, -0.05) is 13.8 Å². The molecule has 118 valence electrons. The Labute approximate surface area is 127 Å². The molecule has 5 nitrogen and oxygen atoms in total. The number of aromatic nitrogens is 1. The number of hydrogen-bond acceptors (Lipinski definition) is 3. The lowest BCUT2D eigenvalue weighted by Crippen LogP contribution is -2.32. The highest BCUT2D eigenvalue weighted by Gasteiger charge is 2.45. The van der Waals surface area contributed by atoms with Gasteiger partial charge in [-0.25, -0.2) is 13.1 Å². The van der Waals surface area contributed by atoms with Gasteiger partial charge in [0.05, 0.1) is 4.90 Å². The van der Waals surface area contributed by atoms with Gasteiger partial charge < -0.3 is 10.3 Å². The van der Waals surface area contributed by atoms with E-state index in [9.17, 15) is 8.42 Å². The number of sulfonamides is 1. The van der Waals surface area contributed by atoms with E-state index in [1.165, 1.54) is 0 Å². The average Bonchev–Trinajstić information content (AvgIpc) is 3.34. The fraction of sp³-hybridized carbons (Fsp3) is 0.733. The van der Waals surface area contributed by atoms with Crippen molar-refractivity contribution in [3.8, 4) is 0 Å². The molecule has 3 N–H and O–H groups in total. The van der Waals surface area contributed by atoms with Crippen LogP contribution in [0.5, 0.6) is 0 Å². The van der Waals surface area contributed by atoms with Crippen molar-refractivity contribution in [2.45, 2.75) is 57.0 Å². The molecule has 2 fully saturated rings. The number of nitrogens with two attached hydrogens (primary N) is 1. The van der Waals surface area contributed by atoms with Crippen molar-refractivity contribution in [2.24, 2.45) is 17.1 Å². The first kappa shape index (κ1) is 15.1. The minimum Gasteiger partial charge on any atom is -0.346 e. The SMILES string of the molecule is CC(C)C1(CNS(=O)(=O)c2cc(CN)n(C3CC3)c2)CC1. The molecule has 0 aromatic carbocycles. The summed E-state index contributed by atoms with van der Waals surface area (Å²) in [5, 5.41) is 0. The lowest BCUT2D eigenvalue weighted by molar-refractivity contribution is 0.357. The molecule has 21 heavy (non-hydrogen) atoms. The maximum absolute atomic E-state index is 12.5. The van der Waals surface area contributed by atoms with Crippen LogP contribution in [0.4, 0.5) is 0 Å². The molecule has 1 heterocycles. The van der Waals surface area contributed by atoms with Crippen LogP contribution in [0.25, 0.3) is 0 Å². The molecule has 0 spiro atoms. The molecule has 0 bridgehead atoms. The third-order valence-electron chi connectivity index (χ3n) is 5.10. The fourth-order valence-corrected chi connectivity index (χ4v) is 4.13. The van der Waals surface area contributed by atoms with E-state index in [4.69, 9.17) is 5.73 Å². The first-order valence-electron chi connectivity index (χ1n) is 7.78. The summed E-state index contributed by atoms with van der Waals surface area (Å²) in [5.41, 5.74) is 6.80. The third kappa shape index (κ3) is 2.89. The van der Waals surface area contributed by atoms with Crippen molar-refractivity contribution in [1.29, 1.82) is 0 Å². The molecular weight excluding hydrogens is 286 g/mol. The monoisotopic (exact) mass is 311 g/mol. The van der Waals surface area contributed by atoms with Gasteiger partial charge in [-0.15, -0.1) is 0 Å². The first-order chi connectivity index (χ1) is 9.88. The van der Waals surface area contributed by atoms with E-state index in [-0.39, 0.29) is 5.41 Å². The molecule has 0 amide bonds. The van der Waals surface area contributed by atoms with Crippen molar-refractivity contribution >= 4 is 10.0 Å². The van der Waals surface area contributed by atoms with E-state index in [0.717, 1.165) is 31.4 Å². The zero-order valence-corrected chi connectivity index (χ0v) is 13.6. The molecule has 6 heteroatoms. The molecule has 1 aromatic heterocycles. The predicted molar refractivity (Wildman–Crippen MR) is 82.3 cm³/mol. The van der Waals surface area contributed by atoms with E-state index < -0.39 is 10.0 Å². The molecule has 0 aliphatic heterocycles. The Morgan fingerprint density at radius 2 is 2.10 bits per heavy atom. The number of rotatable bonds is 7. The van der Waals surface area contributed by atoms with Crippen LogP contribution < -0.4 is 10.5 Å². The highest BCUT2D eigenvalue weighted by Crippen LogP contribution is 2.51. The Balaban J connectivity index is 1.75. The minimum atomic E-state index is -3.43. The second-order valence-electron chi connectivity index (χ2n) is 6.85. The van der Waals surface area contributed by atoms with Crippen LogP contribution >= 0.6 is 0 Å². The molecule has 2 aliphatic carbocycles. The highest BCUT2D eigenvalue weighted by molar-refractivity contribution is 7.89. The first-order valence-corrected chi connectivity index (χ1v) is 9.27. The van der Waals surface area contributed by atoms with Crippen LogP contribution in [0, 0.1) is 11.3 Å². The molecule has 0 atom stereocenters. The Morgan fingerprint density at radius 1 is 1.43 bits per heavy atom. The van der Waals surface area contributed by atoms with Gasteiger partial charge in [0.15, 0.2) is 0 Å². The third-order valence-corrected chi connectivity index (χ3v) is 6.47. The van der Waals surface area contributed by atoms with E-state index in [2.05, 4.69) is 18.6 Å². The van der Waals surface area contributed by atoms with E-state index in [1.807, 2.05) is 4.57 Å². The van der Waals surface area contributed by atoms with Crippen molar-refractivity contribution in [2.75, 3.05) is 6.54 Å². The summed E-state index contributed by atoms with van der Waals surface area (Å²) < 4.78 is 29.8. The lowest BCUT2D eigenvalue weighted by atomic mass is 9.93. The van der Waals surface area contributed by atoms with E-state index in [0.29, 0.717) is 29.9 Å². The molecule has 1 aromatic rings. The second kappa shape index (κ2) is 5.11. The smallest absolute Gasteiger partial charge is 0.242 e. The summed E-state index contributed by atoms with van der Waals surface area (Å²) in [5.74, 6) is 0.510. The second-order valence-corrected chi connectivity index (χ2v) is 8.62. The van der Waals surface area contributed by atoms with E-state index >= 15 is 0 Å². The van der Waals surface area contributed by atoms with Crippen LogP contribution in [-0.2, 0) is 16.6 Å². The maximum atomic E-state index is 12.5. The Bertz CT molecular complexity index is 625. The van der Waals surface area contributed by atoms with Gasteiger partial charge in [0.1, 0.15) is 0 Å². The molecular formula is C15H25N3O2S. The molecule has 0 saturated heterocycles. The fourth-order valence-electron chi connectivity index (χ4n) is 2.94. The maximum Gasteiger partial charge on any atom is 0.242 e. The summed E-state index contributed by atoms with van der Waals surface area (Å²) >= 11 is 0. The summed E-state index contributed by atoms with van der Waals surface area (Å²) in [6.45, 7) is 5.25. The van der Waals surface area contributed by atoms with Crippen molar-refractivity contribution in [3.05, 3.63) is 18.0 Å². The van der Waals surface area contributed by atoms with Crippen LogP contribution in [-0.4, -0.2) is 19.5 Å². The molecule has 2 aliphatic rings. The minimum absolute atomic E-state index is 0.169. The summed E-state index contributed by atoms with van der Waals surface area (Å²) in [4.78, 5) is 0.356. The predicted octanol–water partition coefficient (Wildman–Crippen LogP) is 2.00. The van der Waals surface area contributed by atoms with Crippen LogP contribution in [0.3, 0.4) is 0 Å². The van der Waals surface area contributed by atoms with Crippen molar-refractivity contribution < 1.29 is 8.42 Å². The van der Waals surface area contributed by atoms with Crippen molar-refractivity contribution in [1.82, 2.24) is 9.29 Å². The van der Waals surface area contributed by atoms with E-state index in [1.54, 1.807) is 12.3 Å². The number of nitrogens with one attached hydrogen (secondary N) is 1. The van der Waals surface area contributed by atoms with Gasteiger partial charge in [-0.2, -0.15) is 0 Å². The largest absolute Gasteiger partial charge is 0.346 e. The molecule has 0 radical (unpaired) electrons. The summed E-state index contributed by atoms with van der Waals surface area (Å²) in [6, 6.07) is 2.16. The Morgan fingerprint density at radius 3 is 2.57 bits per heavy atom. The Hall–Kier alpha value is -0.850. The highest BCUT2D eigenvalue weighted by atomic mass is 32.2. The van der Waals surface area contributed by atoms with Gasteiger partial charge in [-0.05, 0) is 43.1 Å². The standard InChI is InChI=1S/C15H25N3O2S/c1-11(2)15(5-6-15)10-17-21(19,20)14-7-13(8-16)18(9-14)12-3-4-12/h7,9,11-12,17H,3-6,8,10,16H2,1-2H3. The van der Waals surface area contributed by atoms with Gasteiger partial charge in [0.25, 0.3) is 0 Å². The summed E-state index contributed by atoms with van der Waals surface area (Å²) in [6.07, 6.45) is 6.21. The van der Waals surface area contributed by atoms with Crippen LogP contribution in [0.2, 0.25) is 0 Å². The zero-order chi connectivity index (χ0) is 15.3.